The van der Waals surface area contributed by atoms with Crippen molar-refractivity contribution in [2.75, 3.05) is 18.9 Å². The summed E-state index contributed by atoms with van der Waals surface area (Å²) in [5.41, 5.74) is 5.85. The van der Waals surface area contributed by atoms with E-state index in [-0.39, 0.29) is 28.3 Å². The van der Waals surface area contributed by atoms with Gasteiger partial charge in [-0.3, -0.25) is 0 Å². The maximum atomic E-state index is 12.9. The lowest BCUT2D eigenvalue weighted by molar-refractivity contribution is 0.192. The van der Waals surface area contributed by atoms with Gasteiger partial charge in [-0.2, -0.15) is 4.31 Å². The number of aliphatic hydroxyl groups is 1. The second-order valence-corrected chi connectivity index (χ2v) is 7.75. The summed E-state index contributed by atoms with van der Waals surface area (Å²) in [6, 6.07) is 2.53. The van der Waals surface area contributed by atoms with Crippen molar-refractivity contribution >= 4 is 38.9 Å². The molecule has 3 N–H and O–H groups in total. The van der Waals surface area contributed by atoms with Gasteiger partial charge in [-0.1, -0.05) is 29.6 Å². The van der Waals surface area contributed by atoms with E-state index in [2.05, 4.69) is 0 Å². The number of nitrogens with two attached hydrogens (primary N) is 1. The largest absolute Gasteiger partial charge is 0.398 e. The third-order valence-electron chi connectivity index (χ3n) is 3.64. The van der Waals surface area contributed by atoms with Crippen molar-refractivity contribution in [3.05, 3.63) is 22.2 Å². The Morgan fingerprint density at radius 3 is 2.67 bits per heavy atom. The highest BCUT2D eigenvalue weighted by molar-refractivity contribution is 7.89. The normalized spacial score (nSPS) is 20.6. The number of halogens is 2. The molecule has 0 amide bonds. The molecule has 1 fully saturated rings. The summed E-state index contributed by atoms with van der Waals surface area (Å²) in [7, 11) is -3.80. The zero-order valence-corrected chi connectivity index (χ0v) is 13.8. The first kappa shape index (κ1) is 16.8. The fourth-order valence-electron chi connectivity index (χ4n) is 2.70. The van der Waals surface area contributed by atoms with Gasteiger partial charge in [0.2, 0.25) is 10.0 Å². The first-order chi connectivity index (χ1) is 9.87. The number of benzene rings is 1. The predicted octanol–water partition coefficient (Wildman–Crippen LogP) is 2.50. The SMILES string of the molecule is Nc1cc(Cl)cc(Cl)c1S(=O)(=O)N1CCCCC1CCO. The summed E-state index contributed by atoms with van der Waals surface area (Å²) < 4.78 is 27.1. The van der Waals surface area contributed by atoms with Gasteiger partial charge in [0.1, 0.15) is 4.90 Å². The number of nitrogens with zero attached hydrogens (tertiary/aromatic N) is 1. The highest BCUT2D eigenvalue weighted by Crippen LogP contribution is 2.36. The van der Waals surface area contributed by atoms with Crippen molar-refractivity contribution in [3.63, 3.8) is 0 Å². The molecule has 21 heavy (non-hydrogen) atoms. The number of aliphatic hydroxyl groups excluding tert-OH is 1. The van der Waals surface area contributed by atoms with E-state index in [0.29, 0.717) is 18.0 Å². The maximum Gasteiger partial charge on any atom is 0.246 e. The van der Waals surface area contributed by atoms with Crippen LogP contribution >= 0.6 is 23.2 Å². The molecule has 1 aromatic rings. The summed E-state index contributed by atoms with van der Waals surface area (Å²) in [6.07, 6.45) is 2.86. The summed E-state index contributed by atoms with van der Waals surface area (Å²) in [6.45, 7) is 0.353. The maximum absolute atomic E-state index is 12.9. The first-order valence-corrected chi connectivity index (χ1v) is 8.94. The van der Waals surface area contributed by atoms with Gasteiger partial charge in [0.25, 0.3) is 0 Å². The highest BCUT2D eigenvalue weighted by atomic mass is 35.5. The van der Waals surface area contributed by atoms with Gasteiger partial charge < -0.3 is 10.8 Å². The van der Waals surface area contributed by atoms with Crippen molar-refractivity contribution < 1.29 is 13.5 Å². The molecule has 0 aliphatic carbocycles. The van der Waals surface area contributed by atoms with Gasteiger partial charge in [0.05, 0.1) is 10.7 Å². The number of anilines is 1. The standard InChI is InChI=1S/C13H18Cl2N2O3S/c14-9-7-11(15)13(12(16)8-9)21(19,20)17-5-2-1-3-10(17)4-6-18/h7-8,10,18H,1-6,16H2. The van der Waals surface area contributed by atoms with Crippen molar-refractivity contribution in [1.82, 2.24) is 4.31 Å². The Labute approximate surface area is 134 Å². The van der Waals surface area contributed by atoms with Gasteiger partial charge >= 0.3 is 0 Å². The quantitative estimate of drug-likeness (QED) is 0.815. The van der Waals surface area contributed by atoms with Gasteiger partial charge in [-0.15, -0.1) is 0 Å². The smallest absolute Gasteiger partial charge is 0.246 e. The van der Waals surface area contributed by atoms with E-state index >= 15 is 0 Å². The fourth-order valence-corrected chi connectivity index (χ4v) is 5.37. The van der Waals surface area contributed by atoms with Gasteiger partial charge in [0.15, 0.2) is 0 Å². The molecule has 0 aromatic heterocycles. The second kappa shape index (κ2) is 6.71. The van der Waals surface area contributed by atoms with Crippen LogP contribution in [0.3, 0.4) is 0 Å². The van der Waals surface area contributed by atoms with Gasteiger partial charge in [-0.05, 0) is 31.4 Å². The summed E-state index contributed by atoms with van der Waals surface area (Å²) >= 11 is 11.9. The van der Waals surface area contributed by atoms with E-state index in [1.54, 1.807) is 0 Å². The van der Waals surface area contributed by atoms with E-state index in [0.717, 1.165) is 19.3 Å². The number of hydrogen-bond donors (Lipinski definition) is 2. The third kappa shape index (κ3) is 3.46. The summed E-state index contributed by atoms with van der Waals surface area (Å²) in [4.78, 5) is -0.0987. The Morgan fingerprint density at radius 2 is 2.05 bits per heavy atom. The Hall–Kier alpha value is -0.530. The number of hydrogen-bond acceptors (Lipinski definition) is 4. The molecule has 0 bridgehead atoms. The van der Waals surface area contributed by atoms with Crippen molar-refractivity contribution in [3.8, 4) is 0 Å². The van der Waals surface area contributed by atoms with Gasteiger partial charge in [0, 0.05) is 24.2 Å². The van der Waals surface area contributed by atoms with Crippen LogP contribution in [0.4, 0.5) is 5.69 Å². The van der Waals surface area contributed by atoms with Crippen LogP contribution in [-0.4, -0.2) is 37.0 Å². The van der Waals surface area contributed by atoms with E-state index in [9.17, 15) is 8.42 Å². The zero-order chi connectivity index (χ0) is 15.6. The van der Waals surface area contributed by atoms with Crippen molar-refractivity contribution in [2.45, 2.75) is 36.6 Å². The molecule has 118 valence electrons. The molecular weight excluding hydrogens is 335 g/mol. The van der Waals surface area contributed by atoms with Crippen LogP contribution in [-0.2, 0) is 10.0 Å². The van der Waals surface area contributed by atoms with Gasteiger partial charge in [-0.25, -0.2) is 8.42 Å². The van der Waals surface area contributed by atoms with Crippen LogP contribution in [0, 0.1) is 0 Å². The average Bonchev–Trinajstić information content (AvgIpc) is 2.37. The lowest BCUT2D eigenvalue weighted by Gasteiger charge is -2.34. The molecule has 0 saturated carbocycles. The highest BCUT2D eigenvalue weighted by Gasteiger charge is 2.35. The second-order valence-electron chi connectivity index (χ2n) is 5.08. The number of sulfonamides is 1. The molecule has 1 aliphatic heterocycles. The topological polar surface area (TPSA) is 83.6 Å². The Bertz CT molecular complexity index is 597. The van der Waals surface area contributed by atoms with Crippen LogP contribution in [0.15, 0.2) is 17.0 Å². The van der Waals surface area contributed by atoms with E-state index in [1.807, 2.05) is 0 Å². The molecule has 1 aromatic carbocycles. The molecule has 2 rings (SSSR count). The molecule has 1 unspecified atom stereocenters. The van der Waals surface area contributed by atoms with Crippen LogP contribution < -0.4 is 5.73 Å². The third-order valence-corrected chi connectivity index (χ3v) is 6.34. The molecular formula is C13H18Cl2N2O3S. The summed E-state index contributed by atoms with van der Waals surface area (Å²) in [5.74, 6) is 0. The lowest BCUT2D eigenvalue weighted by Crippen LogP contribution is -2.44. The minimum Gasteiger partial charge on any atom is -0.398 e. The molecule has 1 atom stereocenters. The molecule has 1 saturated heterocycles. The average molecular weight is 353 g/mol. The molecule has 0 radical (unpaired) electrons. The molecule has 1 heterocycles. The first-order valence-electron chi connectivity index (χ1n) is 6.75. The molecule has 8 heteroatoms. The number of rotatable bonds is 4. The van der Waals surface area contributed by atoms with Crippen LogP contribution in [0.1, 0.15) is 25.7 Å². The van der Waals surface area contributed by atoms with Crippen LogP contribution in [0.2, 0.25) is 10.0 Å². The van der Waals surface area contributed by atoms with E-state index < -0.39 is 10.0 Å². The van der Waals surface area contributed by atoms with Crippen molar-refractivity contribution in [2.24, 2.45) is 0 Å². The van der Waals surface area contributed by atoms with E-state index in [1.165, 1.54) is 16.4 Å². The molecule has 1 aliphatic rings. The number of nitrogen functional groups attached to an aromatic ring is 1. The van der Waals surface area contributed by atoms with Crippen LogP contribution in [0.25, 0.3) is 0 Å². The minimum atomic E-state index is -3.80. The minimum absolute atomic E-state index is 0.0216. The van der Waals surface area contributed by atoms with Crippen LogP contribution in [0.5, 0.6) is 0 Å². The monoisotopic (exact) mass is 352 g/mol. The fraction of sp³-hybridized carbons (Fsp3) is 0.538. The number of piperidine rings is 1. The summed E-state index contributed by atoms with van der Waals surface area (Å²) in [5, 5.41) is 9.44. The zero-order valence-electron chi connectivity index (χ0n) is 11.4. The predicted molar refractivity (Wildman–Crippen MR) is 84.1 cm³/mol. The Kier molecular flexibility index (Phi) is 5.38. The lowest BCUT2D eigenvalue weighted by atomic mass is 10.0. The Balaban J connectivity index is 2.45. The van der Waals surface area contributed by atoms with E-state index in [4.69, 9.17) is 34.0 Å². The van der Waals surface area contributed by atoms with Crippen molar-refractivity contribution in [1.29, 1.82) is 0 Å². The molecule has 0 spiro atoms. The Morgan fingerprint density at radius 1 is 1.33 bits per heavy atom. The molecule has 5 nitrogen and oxygen atoms in total.